The van der Waals surface area contributed by atoms with Crippen molar-refractivity contribution in [2.75, 3.05) is 6.54 Å². The molecule has 0 aromatic heterocycles. The van der Waals surface area contributed by atoms with Crippen LogP contribution in [0.2, 0.25) is 0 Å². The van der Waals surface area contributed by atoms with E-state index < -0.39 is 11.5 Å². The number of halogens is 2. The number of piperidine rings is 1. The molecule has 1 fully saturated rings. The first-order valence-corrected chi connectivity index (χ1v) is 7.15. The summed E-state index contributed by atoms with van der Waals surface area (Å²) in [5.41, 5.74) is 0.0988. The van der Waals surface area contributed by atoms with Gasteiger partial charge in [-0.25, -0.2) is 4.39 Å². The molecule has 0 aliphatic carbocycles. The van der Waals surface area contributed by atoms with Crippen molar-refractivity contribution in [2.45, 2.75) is 38.3 Å². The van der Waals surface area contributed by atoms with Gasteiger partial charge in [0.1, 0.15) is 11.4 Å². The summed E-state index contributed by atoms with van der Waals surface area (Å²) in [5, 5.41) is 9.43. The van der Waals surface area contributed by atoms with Crippen LogP contribution in [-0.4, -0.2) is 28.1 Å². The molecule has 0 spiro atoms. The first-order chi connectivity index (χ1) is 8.93. The van der Waals surface area contributed by atoms with E-state index in [1.807, 2.05) is 4.90 Å². The standard InChI is InChI=1S/C14H17BrFNO2/c1-14(13(18)19)6-2-3-7-17(14)9-10-4-5-12(16)11(15)8-10/h4-5,8H,2-3,6-7,9H2,1H3,(H,18,19). The van der Waals surface area contributed by atoms with Crippen LogP contribution in [0.3, 0.4) is 0 Å². The molecule has 1 aliphatic rings. The number of aliphatic carboxylic acids is 1. The average Bonchev–Trinajstić information content (AvgIpc) is 2.36. The Kier molecular flexibility index (Phi) is 4.26. The molecule has 5 heteroatoms. The minimum absolute atomic E-state index is 0.302. The SMILES string of the molecule is CC1(C(=O)O)CCCCN1Cc1ccc(F)c(Br)c1. The van der Waals surface area contributed by atoms with E-state index in [4.69, 9.17) is 0 Å². The van der Waals surface area contributed by atoms with Crippen molar-refractivity contribution in [3.8, 4) is 0 Å². The van der Waals surface area contributed by atoms with Crippen molar-refractivity contribution >= 4 is 21.9 Å². The first-order valence-electron chi connectivity index (χ1n) is 6.36. The third-order valence-electron chi connectivity index (χ3n) is 3.86. The zero-order valence-corrected chi connectivity index (χ0v) is 12.4. The number of nitrogens with zero attached hydrogens (tertiary/aromatic N) is 1. The number of hydrogen-bond acceptors (Lipinski definition) is 2. The summed E-state index contributed by atoms with van der Waals surface area (Å²) in [6.07, 6.45) is 2.60. The number of likely N-dealkylation sites (tertiary alicyclic amines) is 1. The van der Waals surface area contributed by atoms with Gasteiger partial charge in [-0.15, -0.1) is 0 Å². The molecule has 1 unspecified atom stereocenters. The number of carbonyl (C=O) groups is 1. The Balaban J connectivity index is 2.20. The average molecular weight is 330 g/mol. The molecule has 1 heterocycles. The lowest BCUT2D eigenvalue weighted by molar-refractivity contribution is -0.153. The van der Waals surface area contributed by atoms with Crippen LogP contribution in [0, 0.1) is 5.82 Å². The van der Waals surface area contributed by atoms with Crippen LogP contribution in [0.15, 0.2) is 22.7 Å². The van der Waals surface area contributed by atoms with Crippen molar-refractivity contribution in [3.05, 3.63) is 34.1 Å². The van der Waals surface area contributed by atoms with E-state index in [-0.39, 0.29) is 5.82 Å². The monoisotopic (exact) mass is 329 g/mol. The Bertz CT molecular complexity index is 494. The first kappa shape index (κ1) is 14.5. The highest BCUT2D eigenvalue weighted by Gasteiger charge is 2.41. The van der Waals surface area contributed by atoms with Gasteiger partial charge >= 0.3 is 5.97 Å². The maximum atomic E-state index is 13.2. The third-order valence-corrected chi connectivity index (χ3v) is 4.47. The van der Waals surface area contributed by atoms with E-state index in [9.17, 15) is 14.3 Å². The maximum Gasteiger partial charge on any atom is 0.323 e. The Morgan fingerprint density at radius 2 is 2.26 bits per heavy atom. The summed E-state index contributed by atoms with van der Waals surface area (Å²) in [6, 6.07) is 4.82. The summed E-state index contributed by atoms with van der Waals surface area (Å²) in [4.78, 5) is 13.5. The molecule has 1 aromatic rings. The molecule has 1 aromatic carbocycles. The van der Waals surface area contributed by atoms with Crippen molar-refractivity contribution < 1.29 is 14.3 Å². The van der Waals surface area contributed by atoms with Crippen LogP contribution in [-0.2, 0) is 11.3 Å². The van der Waals surface area contributed by atoms with E-state index in [0.29, 0.717) is 17.4 Å². The molecule has 0 saturated carbocycles. The van der Waals surface area contributed by atoms with E-state index in [0.717, 1.165) is 24.9 Å². The molecule has 1 saturated heterocycles. The molecule has 1 atom stereocenters. The lowest BCUT2D eigenvalue weighted by Gasteiger charge is -2.41. The van der Waals surface area contributed by atoms with Crippen molar-refractivity contribution in [3.63, 3.8) is 0 Å². The second-order valence-electron chi connectivity index (χ2n) is 5.21. The Morgan fingerprint density at radius 3 is 2.89 bits per heavy atom. The number of carboxylic acids is 1. The van der Waals surface area contributed by atoms with Gasteiger partial charge in [0.05, 0.1) is 4.47 Å². The number of carboxylic acid groups (broad SMARTS) is 1. The summed E-state index contributed by atoms with van der Waals surface area (Å²) < 4.78 is 13.6. The minimum atomic E-state index is -0.820. The van der Waals surface area contributed by atoms with Crippen LogP contribution >= 0.6 is 15.9 Å². The molecule has 0 amide bonds. The fraction of sp³-hybridized carbons (Fsp3) is 0.500. The summed E-state index contributed by atoms with van der Waals surface area (Å²) in [5.74, 6) is -1.09. The third kappa shape index (κ3) is 2.98. The molecular weight excluding hydrogens is 313 g/mol. The van der Waals surface area contributed by atoms with Gasteiger partial charge in [-0.2, -0.15) is 0 Å². The highest BCUT2D eigenvalue weighted by Crippen LogP contribution is 2.30. The van der Waals surface area contributed by atoms with E-state index in [1.165, 1.54) is 6.07 Å². The fourth-order valence-corrected chi connectivity index (χ4v) is 2.96. The van der Waals surface area contributed by atoms with Gasteiger partial charge in [0.2, 0.25) is 0 Å². The summed E-state index contributed by atoms with van der Waals surface area (Å²) >= 11 is 3.16. The molecule has 3 nitrogen and oxygen atoms in total. The Labute approximate surface area is 120 Å². The smallest absolute Gasteiger partial charge is 0.323 e. The van der Waals surface area contributed by atoms with E-state index in [1.54, 1.807) is 19.1 Å². The molecular formula is C14H17BrFNO2. The molecule has 19 heavy (non-hydrogen) atoms. The lowest BCUT2D eigenvalue weighted by atomic mass is 9.88. The van der Waals surface area contributed by atoms with Crippen LogP contribution in [0.5, 0.6) is 0 Å². The van der Waals surface area contributed by atoms with Crippen molar-refractivity contribution in [1.29, 1.82) is 0 Å². The maximum absolute atomic E-state index is 13.2. The number of benzene rings is 1. The zero-order valence-electron chi connectivity index (χ0n) is 10.8. The van der Waals surface area contributed by atoms with Crippen LogP contribution < -0.4 is 0 Å². The molecule has 0 bridgehead atoms. The van der Waals surface area contributed by atoms with Crippen LogP contribution in [0.1, 0.15) is 31.7 Å². The normalized spacial score (nSPS) is 24.4. The van der Waals surface area contributed by atoms with Crippen molar-refractivity contribution in [1.82, 2.24) is 4.90 Å². The summed E-state index contributed by atoms with van der Waals surface area (Å²) in [6.45, 7) is 3.06. The van der Waals surface area contributed by atoms with Crippen LogP contribution in [0.25, 0.3) is 0 Å². The predicted octanol–water partition coefficient (Wildman–Crippen LogP) is 3.42. The number of rotatable bonds is 3. The van der Waals surface area contributed by atoms with Gasteiger partial charge in [0.25, 0.3) is 0 Å². The van der Waals surface area contributed by atoms with Gasteiger partial charge in [-0.3, -0.25) is 9.69 Å². The second-order valence-corrected chi connectivity index (χ2v) is 6.06. The van der Waals surface area contributed by atoms with Gasteiger partial charge in [0, 0.05) is 6.54 Å². The van der Waals surface area contributed by atoms with Gasteiger partial charge in [-0.05, 0) is 66.4 Å². The summed E-state index contributed by atoms with van der Waals surface area (Å²) in [7, 11) is 0. The predicted molar refractivity (Wildman–Crippen MR) is 74.4 cm³/mol. The Hall–Kier alpha value is -0.940. The van der Waals surface area contributed by atoms with Gasteiger partial charge in [0.15, 0.2) is 0 Å². The fourth-order valence-electron chi connectivity index (χ4n) is 2.53. The number of hydrogen-bond donors (Lipinski definition) is 1. The largest absolute Gasteiger partial charge is 0.480 e. The molecule has 2 rings (SSSR count). The highest BCUT2D eigenvalue weighted by molar-refractivity contribution is 9.10. The Morgan fingerprint density at radius 1 is 1.53 bits per heavy atom. The van der Waals surface area contributed by atoms with Crippen LogP contribution in [0.4, 0.5) is 4.39 Å². The van der Waals surface area contributed by atoms with Crippen molar-refractivity contribution in [2.24, 2.45) is 0 Å². The van der Waals surface area contributed by atoms with Gasteiger partial charge < -0.3 is 5.11 Å². The van der Waals surface area contributed by atoms with E-state index >= 15 is 0 Å². The highest BCUT2D eigenvalue weighted by atomic mass is 79.9. The molecule has 0 radical (unpaired) electrons. The quantitative estimate of drug-likeness (QED) is 0.923. The van der Waals surface area contributed by atoms with Gasteiger partial charge in [-0.1, -0.05) is 6.07 Å². The molecule has 1 aliphatic heterocycles. The molecule has 104 valence electrons. The zero-order chi connectivity index (χ0) is 14.0. The second kappa shape index (κ2) is 5.59. The minimum Gasteiger partial charge on any atom is -0.480 e. The molecule has 1 N–H and O–H groups in total. The lowest BCUT2D eigenvalue weighted by Crippen LogP contribution is -2.54. The van der Waals surface area contributed by atoms with E-state index in [2.05, 4.69) is 15.9 Å². The topological polar surface area (TPSA) is 40.5 Å².